The van der Waals surface area contributed by atoms with E-state index in [-0.39, 0.29) is 11.8 Å². The van der Waals surface area contributed by atoms with E-state index in [1.807, 2.05) is 6.92 Å². The Morgan fingerprint density at radius 3 is 2.55 bits per heavy atom. The molecule has 0 saturated carbocycles. The zero-order valence-corrected chi connectivity index (χ0v) is 6.80. The lowest BCUT2D eigenvalue weighted by molar-refractivity contribution is 0.129. The van der Waals surface area contributed by atoms with Gasteiger partial charge in [0.25, 0.3) is 0 Å². The standard InChI is InChI=1S/C6H9NO3S/c1-2-11-4-3-5(8)7(10)6(4)9/h3,8-10H,2H2,1H3. The van der Waals surface area contributed by atoms with Gasteiger partial charge in [-0.15, -0.1) is 16.5 Å². The second-order valence-electron chi connectivity index (χ2n) is 1.94. The summed E-state index contributed by atoms with van der Waals surface area (Å²) in [5.41, 5.74) is 0. The highest BCUT2D eigenvalue weighted by Crippen LogP contribution is 2.33. The third kappa shape index (κ3) is 1.37. The molecule has 0 spiro atoms. The Hall–Kier alpha value is -0.970. The summed E-state index contributed by atoms with van der Waals surface area (Å²) in [6.07, 6.45) is 0. The number of nitrogens with zero attached hydrogens (tertiary/aromatic N) is 1. The topological polar surface area (TPSA) is 65.6 Å². The second kappa shape index (κ2) is 2.96. The highest BCUT2D eigenvalue weighted by atomic mass is 32.2. The van der Waals surface area contributed by atoms with Crippen molar-refractivity contribution in [1.29, 1.82) is 0 Å². The van der Waals surface area contributed by atoms with E-state index < -0.39 is 0 Å². The fraction of sp³-hybridized carbons (Fsp3) is 0.333. The minimum absolute atomic E-state index is 0.311. The first-order valence-electron chi connectivity index (χ1n) is 3.12. The Kier molecular flexibility index (Phi) is 2.19. The third-order valence-electron chi connectivity index (χ3n) is 1.20. The van der Waals surface area contributed by atoms with Crippen molar-refractivity contribution in [1.82, 2.24) is 4.73 Å². The van der Waals surface area contributed by atoms with Crippen LogP contribution in [0.1, 0.15) is 6.92 Å². The second-order valence-corrected chi connectivity index (χ2v) is 3.24. The van der Waals surface area contributed by atoms with E-state index in [0.29, 0.717) is 9.63 Å². The van der Waals surface area contributed by atoms with Gasteiger partial charge in [-0.05, 0) is 5.75 Å². The average molecular weight is 175 g/mol. The van der Waals surface area contributed by atoms with E-state index in [4.69, 9.17) is 15.4 Å². The Labute approximate surface area is 68.0 Å². The highest BCUT2D eigenvalue weighted by Gasteiger charge is 2.11. The van der Waals surface area contributed by atoms with Crippen molar-refractivity contribution in [3.63, 3.8) is 0 Å². The molecule has 0 aliphatic carbocycles. The van der Waals surface area contributed by atoms with Crippen LogP contribution < -0.4 is 0 Å². The van der Waals surface area contributed by atoms with E-state index in [2.05, 4.69) is 0 Å². The number of hydrogen-bond donors (Lipinski definition) is 3. The summed E-state index contributed by atoms with van der Waals surface area (Å²) < 4.78 is 0.345. The predicted molar refractivity (Wildman–Crippen MR) is 41.3 cm³/mol. The van der Waals surface area contributed by atoms with Gasteiger partial charge in [0.15, 0.2) is 0 Å². The van der Waals surface area contributed by atoms with Crippen molar-refractivity contribution < 1.29 is 15.4 Å². The van der Waals surface area contributed by atoms with E-state index in [1.54, 1.807) is 0 Å². The van der Waals surface area contributed by atoms with Crippen LogP contribution in [-0.2, 0) is 0 Å². The van der Waals surface area contributed by atoms with E-state index in [9.17, 15) is 0 Å². The highest BCUT2D eigenvalue weighted by molar-refractivity contribution is 7.99. The maximum atomic E-state index is 9.08. The largest absolute Gasteiger partial charge is 0.492 e. The van der Waals surface area contributed by atoms with Gasteiger partial charge in [0.05, 0.1) is 4.90 Å². The Bertz CT molecular complexity index is 259. The molecule has 0 fully saturated rings. The molecule has 0 atom stereocenters. The summed E-state index contributed by atoms with van der Waals surface area (Å²) in [6, 6.07) is 1.31. The molecule has 5 heteroatoms. The van der Waals surface area contributed by atoms with E-state index >= 15 is 0 Å². The Morgan fingerprint density at radius 1 is 1.55 bits per heavy atom. The molecule has 0 aliphatic heterocycles. The molecule has 1 rings (SSSR count). The smallest absolute Gasteiger partial charge is 0.242 e. The SMILES string of the molecule is CCSc1cc(O)n(O)c1O. The van der Waals surface area contributed by atoms with Crippen molar-refractivity contribution in [2.45, 2.75) is 11.8 Å². The van der Waals surface area contributed by atoms with Crippen molar-refractivity contribution in [2.75, 3.05) is 5.75 Å². The van der Waals surface area contributed by atoms with Crippen LogP contribution in [0.3, 0.4) is 0 Å². The van der Waals surface area contributed by atoms with Gasteiger partial charge in [-0.2, -0.15) is 0 Å². The summed E-state index contributed by atoms with van der Waals surface area (Å²) in [4.78, 5) is 0.479. The van der Waals surface area contributed by atoms with Gasteiger partial charge in [0.2, 0.25) is 11.8 Å². The third-order valence-corrected chi connectivity index (χ3v) is 2.10. The molecule has 0 radical (unpaired) electrons. The first-order valence-corrected chi connectivity index (χ1v) is 4.11. The Balaban J connectivity index is 2.98. The summed E-state index contributed by atoms with van der Waals surface area (Å²) in [6.45, 7) is 1.91. The quantitative estimate of drug-likeness (QED) is 0.467. The van der Waals surface area contributed by atoms with Crippen molar-refractivity contribution in [3.8, 4) is 11.8 Å². The van der Waals surface area contributed by atoms with Crippen LogP contribution in [-0.4, -0.2) is 25.9 Å². The first kappa shape index (κ1) is 8.13. The van der Waals surface area contributed by atoms with Gasteiger partial charge in [0.1, 0.15) is 0 Å². The first-order chi connectivity index (χ1) is 5.16. The van der Waals surface area contributed by atoms with Crippen molar-refractivity contribution >= 4 is 11.8 Å². The molecule has 0 unspecified atom stereocenters. The minimum Gasteiger partial charge on any atom is -0.492 e. The lowest BCUT2D eigenvalue weighted by Gasteiger charge is -1.95. The molecule has 0 bridgehead atoms. The summed E-state index contributed by atoms with van der Waals surface area (Å²) in [7, 11) is 0. The molecule has 0 saturated heterocycles. The number of hydrogen-bond acceptors (Lipinski definition) is 4. The predicted octanol–water partition coefficient (Wildman–Crippen LogP) is 1.25. The van der Waals surface area contributed by atoms with Crippen LogP contribution >= 0.6 is 11.8 Å². The lowest BCUT2D eigenvalue weighted by atomic mass is 10.6. The molecule has 0 aromatic carbocycles. The molecule has 4 nitrogen and oxygen atoms in total. The fourth-order valence-electron chi connectivity index (χ4n) is 0.718. The number of aromatic nitrogens is 1. The molecule has 3 N–H and O–H groups in total. The van der Waals surface area contributed by atoms with Gasteiger partial charge >= 0.3 is 0 Å². The van der Waals surface area contributed by atoms with Crippen LogP contribution in [0.15, 0.2) is 11.0 Å². The van der Waals surface area contributed by atoms with Crippen LogP contribution in [0.5, 0.6) is 11.8 Å². The molecule has 11 heavy (non-hydrogen) atoms. The normalized spacial score (nSPS) is 10.3. The van der Waals surface area contributed by atoms with Crippen molar-refractivity contribution in [3.05, 3.63) is 6.07 Å². The van der Waals surface area contributed by atoms with Crippen LogP contribution in [0.4, 0.5) is 0 Å². The Morgan fingerprint density at radius 2 is 2.18 bits per heavy atom. The number of rotatable bonds is 2. The van der Waals surface area contributed by atoms with Gasteiger partial charge in [-0.3, -0.25) is 0 Å². The minimum atomic E-state index is -0.349. The maximum Gasteiger partial charge on any atom is 0.242 e. The summed E-state index contributed by atoms with van der Waals surface area (Å²) >= 11 is 1.35. The molecule has 62 valence electrons. The molecular formula is C6H9NO3S. The maximum absolute atomic E-state index is 9.08. The van der Waals surface area contributed by atoms with Crippen molar-refractivity contribution in [2.24, 2.45) is 0 Å². The molecule has 1 heterocycles. The van der Waals surface area contributed by atoms with Gasteiger partial charge in [-0.25, -0.2) is 0 Å². The van der Waals surface area contributed by atoms with E-state index in [1.165, 1.54) is 17.8 Å². The molecular weight excluding hydrogens is 166 g/mol. The van der Waals surface area contributed by atoms with Gasteiger partial charge in [-0.1, -0.05) is 6.92 Å². The zero-order valence-electron chi connectivity index (χ0n) is 5.98. The number of aromatic hydroxyl groups is 2. The average Bonchev–Trinajstić information content (AvgIpc) is 2.19. The summed E-state index contributed by atoms with van der Waals surface area (Å²) in [5, 5.41) is 26.8. The molecule has 0 aliphatic rings. The fourth-order valence-corrected chi connectivity index (χ4v) is 1.43. The van der Waals surface area contributed by atoms with Crippen LogP contribution in [0, 0.1) is 0 Å². The van der Waals surface area contributed by atoms with E-state index in [0.717, 1.165) is 5.75 Å². The molecule has 1 aromatic rings. The van der Waals surface area contributed by atoms with Crippen LogP contribution in [0.2, 0.25) is 0 Å². The van der Waals surface area contributed by atoms with Gasteiger partial charge in [0, 0.05) is 6.07 Å². The number of thioether (sulfide) groups is 1. The zero-order chi connectivity index (χ0) is 8.43. The molecule has 1 aromatic heterocycles. The summed E-state index contributed by atoms with van der Waals surface area (Å²) in [5.74, 6) is 0.115. The van der Waals surface area contributed by atoms with Gasteiger partial charge < -0.3 is 15.4 Å². The monoisotopic (exact) mass is 175 g/mol. The molecule has 0 amide bonds. The van der Waals surface area contributed by atoms with Crippen LogP contribution in [0.25, 0.3) is 0 Å². The lowest BCUT2D eigenvalue weighted by Crippen LogP contribution is -1.86.